The molecular weight excluding hydrogens is 252 g/mol. The maximum Gasteiger partial charge on any atom is 0.118 e. The summed E-state index contributed by atoms with van der Waals surface area (Å²) in [6.07, 6.45) is 4.64. The highest BCUT2D eigenvalue weighted by molar-refractivity contribution is 5.13. The number of hydrogen-bond acceptors (Lipinski definition) is 4. The fourth-order valence-corrected chi connectivity index (χ4v) is 2.44. The Morgan fingerprint density at radius 3 is 2.85 bits per heavy atom. The molecule has 1 fully saturated rings. The van der Waals surface area contributed by atoms with Crippen molar-refractivity contribution < 1.29 is 9.15 Å². The molecule has 2 heterocycles. The molecule has 1 aromatic rings. The van der Waals surface area contributed by atoms with E-state index in [9.17, 15) is 0 Å². The summed E-state index contributed by atoms with van der Waals surface area (Å²) < 4.78 is 11.3. The van der Waals surface area contributed by atoms with Crippen molar-refractivity contribution in [3.8, 4) is 0 Å². The minimum absolute atomic E-state index is 0.133. The third kappa shape index (κ3) is 5.27. The largest absolute Gasteiger partial charge is 0.468 e. The third-order valence-electron chi connectivity index (χ3n) is 3.50. The predicted molar refractivity (Wildman–Crippen MR) is 80.6 cm³/mol. The quantitative estimate of drug-likeness (QED) is 0.869. The summed E-state index contributed by atoms with van der Waals surface area (Å²) >= 11 is 0. The lowest BCUT2D eigenvalue weighted by Gasteiger charge is -2.20. The van der Waals surface area contributed by atoms with Gasteiger partial charge in [0.15, 0.2) is 0 Å². The second-order valence-electron chi connectivity index (χ2n) is 6.86. The van der Waals surface area contributed by atoms with E-state index in [1.807, 2.05) is 6.26 Å². The number of hydrogen-bond donors (Lipinski definition) is 1. The van der Waals surface area contributed by atoms with Crippen LogP contribution < -0.4 is 5.32 Å². The Labute approximate surface area is 122 Å². The molecule has 0 amide bonds. The molecule has 1 saturated heterocycles. The second kappa shape index (κ2) is 6.74. The molecule has 114 valence electrons. The third-order valence-corrected chi connectivity index (χ3v) is 3.50. The lowest BCUT2D eigenvalue weighted by molar-refractivity contribution is 0.0774. The summed E-state index contributed by atoms with van der Waals surface area (Å²) in [5.74, 6) is 1.02. The number of furan rings is 1. The first-order chi connectivity index (χ1) is 9.42. The fraction of sp³-hybridized carbons (Fsp3) is 0.750. The van der Waals surface area contributed by atoms with Crippen LogP contribution in [-0.2, 0) is 17.8 Å². The minimum Gasteiger partial charge on any atom is -0.468 e. The van der Waals surface area contributed by atoms with E-state index in [1.54, 1.807) is 0 Å². The highest BCUT2D eigenvalue weighted by atomic mass is 16.5. The van der Waals surface area contributed by atoms with E-state index < -0.39 is 0 Å². The average Bonchev–Trinajstić information content (AvgIpc) is 2.97. The maximum atomic E-state index is 5.66. The number of ether oxygens (including phenoxy) is 1. The van der Waals surface area contributed by atoms with E-state index in [0.29, 0.717) is 6.10 Å². The van der Waals surface area contributed by atoms with Crippen molar-refractivity contribution in [3.63, 3.8) is 0 Å². The summed E-state index contributed by atoms with van der Waals surface area (Å²) in [4.78, 5) is 2.27. The van der Waals surface area contributed by atoms with Crippen molar-refractivity contribution in [1.29, 1.82) is 0 Å². The minimum atomic E-state index is 0.133. The van der Waals surface area contributed by atoms with Gasteiger partial charge in [-0.1, -0.05) is 0 Å². The lowest BCUT2D eigenvalue weighted by Crippen LogP contribution is -2.34. The Bertz CT molecular complexity index is 403. The Hall–Kier alpha value is -0.840. The lowest BCUT2D eigenvalue weighted by atomic mass is 10.1. The molecule has 0 spiro atoms. The molecule has 0 radical (unpaired) electrons. The summed E-state index contributed by atoms with van der Waals surface area (Å²) in [6, 6.07) is 2.14. The summed E-state index contributed by atoms with van der Waals surface area (Å²) in [7, 11) is 2.12. The summed E-state index contributed by atoms with van der Waals surface area (Å²) in [5, 5.41) is 3.47. The predicted octanol–water partition coefficient (Wildman–Crippen LogP) is 2.78. The van der Waals surface area contributed by atoms with Gasteiger partial charge in [-0.15, -0.1) is 0 Å². The van der Waals surface area contributed by atoms with Crippen molar-refractivity contribution in [1.82, 2.24) is 10.2 Å². The van der Waals surface area contributed by atoms with Gasteiger partial charge in [-0.3, -0.25) is 4.90 Å². The number of nitrogens with zero attached hydrogens (tertiary/aromatic N) is 1. The van der Waals surface area contributed by atoms with Crippen molar-refractivity contribution in [3.05, 3.63) is 23.7 Å². The molecule has 1 aliphatic heterocycles. The Kier molecular flexibility index (Phi) is 5.24. The van der Waals surface area contributed by atoms with E-state index in [4.69, 9.17) is 9.15 Å². The molecule has 4 nitrogen and oxygen atoms in total. The first kappa shape index (κ1) is 15.5. The molecule has 0 bridgehead atoms. The summed E-state index contributed by atoms with van der Waals surface area (Å²) in [6.45, 7) is 10.1. The monoisotopic (exact) mass is 280 g/mol. The average molecular weight is 280 g/mol. The van der Waals surface area contributed by atoms with E-state index in [2.05, 4.69) is 44.1 Å². The van der Waals surface area contributed by atoms with Crippen LogP contribution >= 0.6 is 0 Å². The second-order valence-corrected chi connectivity index (χ2v) is 6.86. The zero-order valence-electron chi connectivity index (χ0n) is 13.2. The molecule has 1 aromatic heterocycles. The molecule has 0 aliphatic carbocycles. The highest BCUT2D eigenvalue weighted by Gasteiger charge is 2.18. The van der Waals surface area contributed by atoms with Crippen LogP contribution in [0.5, 0.6) is 0 Å². The van der Waals surface area contributed by atoms with Gasteiger partial charge in [-0.2, -0.15) is 0 Å². The Balaban J connectivity index is 1.76. The Morgan fingerprint density at radius 2 is 2.20 bits per heavy atom. The first-order valence-electron chi connectivity index (χ1n) is 7.54. The Morgan fingerprint density at radius 1 is 1.40 bits per heavy atom. The van der Waals surface area contributed by atoms with Crippen LogP contribution in [0.15, 0.2) is 16.7 Å². The first-order valence-corrected chi connectivity index (χ1v) is 7.54. The molecule has 1 aliphatic rings. The molecule has 1 unspecified atom stereocenters. The van der Waals surface area contributed by atoms with Crippen LogP contribution in [0.3, 0.4) is 0 Å². The normalized spacial score (nSPS) is 19.9. The van der Waals surface area contributed by atoms with Gasteiger partial charge in [-0.05, 0) is 46.7 Å². The molecule has 1 N–H and O–H groups in total. The highest BCUT2D eigenvalue weighted by Crippen LogP contribution is 2.15. The smallest absolute Gasteiger partial charge is 0.118 e. The van der Waals surface area contributed by atoms with E-state index in [-0.39, 0.29) is 5.54 Å². The van der Waals surface area contributed by atoms with Crippen molar-refractivity contribution in [2.24, 2.45) is 0 Å². The zero-order valence-corrected chi connectivity index (χ0v) is 13.2. The van der Waals surface area contributed by atoms with Gasteiger partial charge >= 0.3 is 0 Å². The molecule has 1 atom stereocenters. The van der Waals surface area contributed by atoms with Crippen LogP contribution in [0.2, 0.25) is 0 Å². The maximum absolute atomic E-state index is 5.66. The van der Waals surface area contributed by atoms with Gasteiger partial charge in [0.25, 0.3) is 0 Å². The van der Waals surface area contributed by atoms with Gasteiger partial charge < -0.3 is 14.5 Å². The number of nitrogens with one attached hydrogen (secondary N) is 1. The molecule has 4 heteroatoms. The topological polar surface area (TPSA) is 37.6 Å². The molecule has 20 heavy (non-hydrogen) atoms. The van der Waals surface area contributed by atoms with E-state index in [1.165, 1.54) is 18.4 Å². The van der Waals surface area contributed by atoms with Crippen LogP contribution in [-0.4, -0.2) is 36.7 Å². The molecule has 0 saturated carbocycles. The van der Waals surface area contributed by atoms with Crippen LogP contribution in [0.4, 0.5) is 0 Å². The fourth-order valence-electron chi connectivity index (χ4n) is 2.44. The van der Waals surface area contributed by atoms with E-state index >= 15 is 0 Å². The molecule has 0 aromatic carbocycles. The molecule has 2 rings (SSSR count). The number of rotatable bonds is 6. The zero-order chi connectivity index (χ0) is 14.6. The standard InChI is InChI=1S/C16H28N2O2/c1-16(2,3)17-9-13-8-15(20-12-13)11-18(4)10-14-6-5-7-19-14/h8,12,14,17H,5-7,9-11H2,1-4H3. The molecular formula is C16H28N2O2. The SMILES string of the molecule is CN(Cc1cc(CNC(C)(C)C)co1)CC1CCCO1. The van der Waals surface area contributed by atoms with Crippen LogP contribution in [0, 0.1) is 0 Å². The van der Waals surface area contributed by atoms with Crippen molar-refractivity contribution in [2.75, 3.05) is 20.2 Å². The van der Waals surface area contributed by atoms with Gasteiger partial charge in [0.2, 0.25) is 0 Å². The summed E-state index contributed by atoms with van der Waals surface area (Å²) in [5.41, 5.74) is 1.34. The van der Waals surface area contributed by atoms with Crippen LogP contribution in [0.25, 0.3) is 0 Å². The van der Waals surface area contributed by atoms with Crippen molar-refractivity contribution in [2.45, 2.75) is 58.3 Å². The van der Waals surface area contributed by atoms with E-state index in [0.717, 1.165) is 32.0 Å². The van der Waals surface area contributed by atoms with Crippen LogP contribution in [0.1, 0.15) is 44.9 Å². The van der Waals surface area contributed by atoms with Gasteiger partial charge in [0, 0.05) is 30.8 Å². The number of likely N-dealkylation sites (N-methyl/N-ethyl adjacent to an activating group) is 1. The van der Waals surface area contributed by atoms with Gasteiger partial charge in [0.1, 0.15) is 5.76 Å². The van der Waals surface area contributed by atoms with Gasteiger partial charge in [0.05, 0.1) is 18.9 Å². The van der Waals surface area contributed by atoms with Crippen molar-refractivity contribution >= 4 is 0 Å². The van der Waals surface area contributed by atoms with Gasteiger partial charge in [-0.25, -0.2) is 0 Å².